The first-order valence-corrected chi connectivity index (χ1v) is 12.2. The lowest BCUT2D eigenvalue weighted by Crippen LogP contribution is -2.37. The van der Waals surface area contributed by atoms with E-state index in [1.54, 1.807) is 31.2 Å². The number of fused-ring (bicyclic) bond motifs is 6. The number of nitrogens with zero attached hydrogens (tertiary/aromatic N) is 2. The van der Waals surface area contributed by atoms with E-state index in [1.807, 2.05) is 6.92 Å². The molecule has 1 saturated heterocycles. The monoisotopic (exact) mass is 520 g/mol. The van der Waals surface area contributed by atoms with Gasteiger partial charge in [-0.3, -0.25) is 14.7 Å². The number of hydrogen-bond donors (Lipinski definition) is 3. The predicted molar refractivity (Wildman–Crippen MR) is 135 cm³/mol. The normalized spacial score (nSPS) is 24.5. The predicted octanol–water partition coefficient (Wildman–Crippen LogP) is 5.01. The highest BCUT2D eigenvalue weighted by molar-refractivity contribution is 5.97. The summed E-state index contributed by atoms with van der Waals surface area (Å²) in [5, 5.41) is 46.5. The number of nitro groups is 1. The molecular formula is C28H25FN2O7. The van der Waals surface area contributed by atoms with Crippen LogP contribution in [0.2, 0.25) is 0 Å². The van der Waals surface area contributed by atoms with Crippen LogP contribution in [0.15, 0.2) is 60.7 Å². The van der Waals surface area contributed by atoms with Gasteiger partial charge in [0, 0.05) is 23.8 Å². The molecule has 2 aliphatic rings. The fraction of sp³-hybridized carbons (Fsp3) is 0.286. The van der Waals surface area contributed by atoms with Gasteiger partial charge in [0.1, 0.15) is 22.8 Å². The number of halogens is 1. The molecule has 3 N–H and O–H groups in total. The van der Waals surface area contributed by atoms with Crippen LogP contribution >= 0.6 is 0 Å². The Morgan fingerprint density at radius 1 is 1.11 bits per heavy atom. The minimum atomic E-state index is -1.30. The molecule has 0 aliphatic carbocycles. The van der Waals surface area contributed by atoms with Gasteiger partial charge in [0.05, 0.1) is 39.8 Å². The smallest absolute Gasteiger partial charge is 0.277 e. The van der Waals surface area contributed by atoms with Crippen molar-refractivity contribution in [3.05, 3.63) is 87.7 Å². The molecule has 3 aromatic carbocycles. The van der Waals surface area contributed by atoms with E-state index in [9.17, 15) is 29.8 Å². The van der Waals surface area contributed by atoms with Crippen molar-refractivity contribution in [3.63, 3.8) is 0 Å². The van der Waals surface area contributed by atoms with Gasteiger partial charge in [-0.1, -0.05) is 25.1 Å². The molecule has 38 heavy (non-hydrogen) atoms. The number of aliphatic hydroxyl groups is 1. The molecule has 1 fully saturated rings. The van der Waals surface area contributed by atoms with E-state index < -0.39 is 28.1 Å². The molecule has 4 atom stereocenters. The maximum Gasteiger partial charge on any atom is 0.277 e. The standard InChI is InChI=1S/C28H25FN2O7/c1-15(14-37-17-9-7-16(29)8-10-17)28-13-22(32)27(2,38-28)23-24(28)26(34)30(25(23)33)20-11-12-21(31(35)36)19-6-4-3-5-18(19)20/h3-12,15,22,32-34H,13-14H2,1-2H3/t15?,22-,27?,28?/m1/s1. The Labute approximate surface area is 216 Å². The largest absolute Gasteiger partial charge is 0.494 e. The average Bonchev–Trinajstić information content (AvgIpc) is 3.44. The zero-order valence-corrected chi connectivity index (χ0v) is 20.6. The number of hydrogen-bond acceptors (Lipinski definition) is 7. The minimum Gasteiger partial charge on any atom is -0.494 e. The summed E-state index contributed by atoms with van der Waals surface area (Å²) in [5.41, 5.74) is -1.63. The fourth-order valence-electron chi connectivity index (χ4n) is 6.04. The molecule has 2 aliphatic heterocycles. The zero-order chi connectivity index (χ0) is 27.0. The Morgan fingerprint density at radius 2 is 1.76 bits per heavy atom. The number of rotatable bonds is 6. The second-order valence-corrected chi connectivity index (χ2v) is 10.1. The molecule has 2 bridgehead atoms. The lowest BCUT2D eigenvalue weighted by atomic mass is 9.72. The molecule has 3 heterocycles. The van der Waals surface area contributed by atoms with Gasteiger partial charge < -0.3 is 24.8 Å². The second-order valence-electron chi connectivity index (χ2n) is 10.1. The molecule has 9 nitrogen and oxygen atoms in total. The number of aromatic nitrogens is 1. The third-order valence-electron chi connectivity index (χ3n) is 7.99. The Kier molecular flexibility index (Phi) is 5.21. The van der Waals surface area contributed by atoms with Crippen LogP contribution in [0.4, 0.5) is 10.1 Å². The van der Waals surface area contributed by atoms with Crippen molar-refractivity contribution in [2.45, 2.75) is 37.6 Å². The van der Waals surface area contributed by atoms with Crippen molar-refractivity contribution in [2.24, 2.45) is 5.92 Å². The van der Waals surface area contributed by atoms with Gasteiger partial charge in [-0.15, -0.1) is 0 Å². The number of non-ortho nitro benzene ring substituents is 1. The summed E-state index contributed by atoms with van der Waals surface area (Å²) in [7, 11) is 0. The van der Waals surface area contributed by atoms with E-state index >= 15 is 0 Å². The first kappa shape index (κ1) is 24.2. The van der Waals surface area contributed by atoms with Gasteiger partial charge in [-0.25, -0.2) is 4.39 Å². The van der Waals surface area contributed by atoms with Crippen molar-refractivity contribution >= 4 is 16.5 Å². The summed E-state index contributed by atoms with van der Waals surface area (Å²) < 4.78 is 26.8. The molecule has 10 heteroatoms. The van der Waals surface area contributed by atoms with Gasteiger partial charge in [-0.05, 0) is 43.3 Å². The maximum absolute atomic E-state index is 13.3. The van der Waals surface area contributed by atoms with Crippen LogP contribution in [0.5, 0.6) is 17.5 Å². The molecule has 4 aromatic rings. The van der Waals surface area contributed by atoms with Crippen LogP contribution in [0, 0.1) is 21.8 Å². The van der Waals surface area contributed by atoms with E-state index in [-0.39, 0.29) is 41.9 Å². The number of aromatic hydroxyl groups is 2. The van der Waals surface area contributed by atoms with Crippen molar-refractivity contribution in [3.8, 4) is 23.2 Å². The summed E-state index contributed by atoms with van der Waals surface area (Å²) in [4.78, 5) is 11.1. The highest BCUT2D eigenvalue weighted by atomic mass is 19.1. The van der Waals surface area contributed by atoms with Crippen LogP contribution in [-0.4, -0.2) is 37.5 Å². The van der Waals surface area contributed by atoms with Crippen molar-refractivity contribution < 1.29 is 34.1 Å². The van der Waals surface area contributed by atoms with Crippen LogP contribution in [0.3, 0.4) is 0 Å². The van der Waals surface area contributed by atoms with Crippen LogP contribution in [0.1, 0.15) is 31.4 Å². The second kappa shape index (κ2) is 8.17. The van der Waals surface area contributed by atoms with Crippen LogP contribution < -0.4 is 4.74 Å². The third kappa shape index (κ3) is 3.17. The first-order valence-electron chi connectivity index (χ1n) is 12.2. The van der Waals surface area contributed by atoms with Crippen molar-refractivity contribution in [1.29, 1.82) is 0 Å². The summed E-state index contributed by atoms with van der Waals surface area (Å²) >= 11 is 0. The average molecular weight is 521 g/mol. The first-order chi connectivity index (χ1) is 18.1. The maximum atomic E-state index is 13.3. The van der Waals surface area contributed by atoms with E-state index in [2.05, 4.69) is 0 Å². The van der Waals surface area contributed by atoms with Gasteiger partial charge >= 0.3 is 0 Å². The van der Waals surface area contributed by atoms with Crippen LogP contribution in [-0.2, 0) is 15.9 Å². The molecule has 196 valence electrons. The van der Waals surface area contributed by atoms with E-state index in [0.717, 1.165) is 0 Å². The van der Waals surface area contributed by atoms with Gasteiger partial charge in [0.2, 0.25) is 11.8 Å². The van der Waals surface area contributed by atoms with Gasteiger partial charge in [-0.2, -0.15) is 0 Å². The Morgan fingerprint density at radius 3 is 2.45 bits per heavy atom. The number of ether oxygens (including phenoxy) is 2. The lowest BCUT2D eigenvalue weighted by molar-refractivity contribution is -0.383. The molecule has 0 amide bonds. The highest BCUT2D eigenvalue weighted by Crippen LogP contribution is 2.66. The summed E-state index contributed by atoms with van der Waals surface area (Å²) in [6.45, 7) is 3.64. The lowest BCUT2D eigenvalue weighted by Gasteiger charge is -2.32. The number of nitro benzene ring substituents is 1. The Hall–Kier alpha value is -4.15. The van der Waals surface area contributed by atoms with Crippen molar-refractivity contribution in [1.82, 2.24) is 4.57 Å². The van der Waals surface area contributed by atoms with E-state index in [4.69, 9.17) is 9.47 Å². The molecule has 1 aromatic heterocycles. The molecule has 6 rings (SSSR count). The summed E-state index contributed by atoms with van der Waals surface area (Å²) in [6.07, 6.45) is -0.819. The summed E-state index contributed by atoms with van der Waals surface area (Å²) in [6, 6.07) is 15.1. The zero-order valence-electron chi connectivity index (χ0n) is 20.6. The number of benzene rings is 3. The minimum absolute atomic E-state index is 0.100. The highest BCUT2D eigenvalue weighted by Gasteiger charge is 2.68. The molecule has 0 saturated carbocycles. The van der Waals surface area contributed by atoms with Crippen LogP contribution in [0.25, 0.3) is 16.5 Å². The summed E-state index contributed by atoms with van der Waals surface area (Å²) in [5.74, 6) is -0.925. The molecule has 0 radical (unpaired) electrons. The Balaban J connectivity index is 1.48. The molecule has 0 spiro atoms. The quantitative estimate of drug-likeness (QED) is 0.241. The van der Waals surface area contributed by atoms with Gasteiger partial charge in [0.15, 0.2) is 0 Å². The SMILES string of the molecule is CC(COc1ccc(F)cc1)C12C[C@@H](O)C(C)(O1)c1c2c(O)n(-c2ccc([N+](=O)[O-])c3ccccc23)c1O. The van der Waals surface area contributed by atoms with E-state index in [1.165, 1.54) is 41.0 Å². The van der Waals surface area contributed by atoms with E-state index in [0.29, 0.717) is 27.8 Å². The fourth-order valence-corrected chi connectivity index (χ4v) is 6.04. The van der Waals surface area contributed by atoms with Crippen molar-refractivity contribution in [2.75, 3.05) is 6.61 Å². The molecule has 3 unspecified atom stereocenters. The molecular weight excluding hydrogens is 495 g/mol. The van der Waals surface area contributed by atoms with Gasteiger partial charge in [0.25, 0.3) is 5.69 Å². The third-order valence-corrected chi connectivity index (χ3v) is 7.99. The number of aliphatic hydroxyl groups excluding tert-OH is 1. The topological polar surface area (TPSA) is 127 Å². The Bertz CT molecular complexity index is 1600.